The molecular formula is C29H43ClO3. The van der Waals surface area contributed by atoms with E-state index >= 15 is 0 Å². The Bertz CT molecular complexity index is 796. The number of benzene rings is 2. The number of aryl methyl sites for hydroxylation is 1. The molecule has 0 saturated carbocycles. The summed E-state index contributed by atoms with van der Waals surface area (Å²) in [4.78, 5) is 11.9. The normalized spacial score (nSPS) is 10.7. The molecule has 0 N–H and O–H groups in total. The van der Waals surface area contributed by atoms with E-state index in [4.69, 9.17) is 21.1 Å². The molecule has 0 aliphatic carbocycles. The standard InChI is InChI=1S/C17H17ClO3.C6H10.2C3H8/c1-11-10-14(18)6-9-16(11)21-17(12(2)19)13-4-7-15(20-3)8-5-13;1-3-5-6-4-2;2*1-3-2/h4-10,17H,1-3H3;3-6H,1-2H3;2*3H2,1-2H3/b;5-3-,6-4-;;. The average molecular weight is 475 g/mol. The number of ketones is 1. The Morgan fingerprint density at radius 3 is 1.79 bits per heavy atom. The highest BCUT2D eigenvalue weighted by atomic mass is 35.5. The fourth-order valence-corrected chi connectivity index (χ4v) is 2.49. The number of rotatable bonds is 6. The van der Waals surface area contributed by atoms with Crippen molar-refractivity contribution in [3.8, 4) is 11.5 Å². The van der Waals surface area contributed by atoms with Gasteiger partial charge in [-0.2, -0.15) is 0 Å². The van der Waals surface area contributed by atoms with E-state index in [0.717, 1.165) is 16.9 Å². The minimum atomic E-state index is -0.643. The third-order valence-corrected chi connectivity index (χ3v) is 3.90. The Labute approximate surface area is 207 Å². The molecule has 0 spiro atoms. The van der Waals surface area contributed by atoms with Crippen LogP contribution in [-0.4, -0.2) is 12.9 Å². The summed E-state index contributed by atoms with van der Waals surface area (Å²) in [5.41, 5.74) is 1.68. The maximum atomic E-state index is 11.9. The van der Waals surface area contributed by atoms with Gasteiger partial charge in [0.1, 0.15) is 11.5 Å². The highest BCUT2D eigenvalue weighted by molar-refractivity contribution is 6.30. The topological polar surface area (TPSA) is 35.5 Å². The number of hydrogen-bond acceptors (Lipinski definition) is 3. The first kappa shape index (κ1) is 32.7. The van der Waals surface area contributed by atoms with Gasteiger partial charge >= 0.3 is 0 Å². The molecule has 0 heterocycles. The van der Waals surface area contributed by atoms with Crippen molar-refractivity contribution in [2.45, 2.75) is 74.3 Å². The predicted octanol–water partition coefficient (Wildman–Crippen LogP) is 9.34. The molecule has 4 heteroatoms. The molecule has 0 aliphatic heterocycles. The first-order valence-corrected chi connectivity index (χ1v) is 11.9. The SMILES string of the molecule is C/C=C\C=C/C.CCC.CCC.COc1ccc(C(Oc2ccc(Cl)cc2C)C(C)=O)cc1. The van der Waals surface area contributed by atoms with Crippen molar-refractivity contribution in [3.63, 3.8) is 0 Å². The molecule has 2 aromatic rings. The van der Waals surface area contributed by atoms with Crippen LogP contribution in [0.3, 0.4) is 0 Å². The lowest BCUT2D eigenvalue weighted by Crippen LogP contribution is -2.16. The fourth-order valence-electron chi connectivity index (χ4n) is 2.26. The second-order valence-electron chi connectivity index (χ2n) is 7.26. The summed E-state index contributed by atoms with van der Waals surface area (Å²) in [6.07, 6.45) is 9.86. The van der Waals surface area contributed by atoms with Crippen LogP contribution in [0.5, 0.6) is 11.5 Å². The van der Waals surface area contributed by atoms with Gasteiger partial charge in [-0.05, 0) is 63.6 Å². The molecule has 3 nitrogen and oxygen atoms in total. The lowest BCUT2D eigenvalue weighted by molar-refractivity contribution is -0.123. The van der Waals surface area contributed by atoms with E-state index in [1.807, 2.05) is 75.4 Å². The van der Waals surface area contributed by atoms with E-state index in [-0.39, 0.29) is 5.78 Å². The van der Waals surface area contributed by atoms with E-state index < -0.39 is 6.10 Å². The van der Waals surface area contributed by atoms with Crippen LogP contribution >= 0.6 is 11.6 Å². The Hall–Kier alpha value is -2.52. The zero-order valence-electron chi connectivity index (χ0n) is 21.9. The van der Waals surface area contributed by atoms with Crippen LogP contribution in [0.25, 0.3) is 0 Å². The Kier molecular flexibility index (Phi) is 21.1. The second kappa shape index (κ2) is 21.3. The van der Waals surface area contributed by atoms with Crippen LogP contribution in [0.4, 0.5) is 0 Å². The quantitative estimate of drug-likeness (QED) is 0.391. The van der Waals surface area contributed by atoms with E-state index in [1.165, 1.54) is 19.8 Å². The Morgan fingerprint density at radius 1 is 0.939 bits per heavy atom. The molecule has 0 aliphatic rings. The van der Waals surface area contributed by atoms with Gasteiger partial charge in [0, 0.05) is 10.6 Å². The molecule has 2 rings (SSSR count). The van der Waals surface area contributed by atoms with Crippen molar-refractivity contribution in [2.75, 3.05) is 7.11 Å². The zero-order valence-corrected chi connectivity index (χ0v) is 22.7. The minimum Gasteiger partial charge on any atom is -0.497 e. The van der Waals surface area contributed by atoms with Gasteiger partial charge in [0.25, 0.3) is 0 Å². The molecule has 0 fully saturated rings. The van der Waals surface area contributed by atoms with Crippen molar-refractivity contribution in [2.24, 2.45) is 0 Å². The van der Waals surface area contributed by atoms with E-state index in [2.05, 4.69) is 27.7 Å². The second-order valence-corrected chi connectivity index (χ2v) is 7.69. The number of allylic oxidation sites excluding steroid dienone is 4. The maximum Gasteiger partial charge on any atom is 0.181 e. The number of carbonyl (C=O) groups excluding carboxylic acids is 1. The molecule has 33 heavy (non-hydrogen) atoms. The van der Waals surface area contributed by atoms with Gasteiger partial charge in [-0.3, -0.25) is 4.79 Å². The molecular weight excluding hydrogens is 432 g/mol. The van der Waals surface area contributed by atoms with Gasteiger partial charge < -0.3 is 9.47 Å². The van der Waals surface area contributed by atoms with E-state index in [1.54, 1.807) is 19.2 Å². The number of carbonyl (C=O) groups is 1. The van der Waals surface area contributed by atoms with Crippen LogP contribution in [0.2, 0.25) is 5.02 Å². The molecule has 0 saturated heterocycles. The number of ether oxygens (including phenoxy) is 2. The molecule has 1 unspecified atom stereocenters. The van der Waals surface area contributed by atoms with Crippen LogP contribution in [0.15, 0.2) is 66.8 Å². The molecule has 184 valence electrons. The highest BCUT2D eigenvalue weighted by Crippen LogP contribution is 2.28. The Morgan fingerprint density at radius 2 is 1.42 bits per heavy atom. The van der Waals surface area contributed by atoms with Crippen LogP contribution in [0.1, 0.15) is 78.5 Å². The van der Waals surface area contributed by atoms with Crippen LogP contribution in [0, 0.1) is 6.92 Å². The summed E-state index contributed by atoms with van der Waals surface area (Å²) in [6, 6.07) is 12.6. The summed E-state index contributed by atoms with van der Waals surface area (Å²) in [5.74, 6) is 1.33. The third kappa shape index (κ3) is 15.8. The fraction of sp³-hybridized carbons (Fsp3) is 0.414. The molecule has 0 bridgehead atoms. The van der Waals surface area contributed by atoms with Crippen molar-refractivity contribution in [3.05, 3.63) is 82.9 Å². The zero-order chi connectivity index (χ0) is 25.6. The van der Waals surface area contributed by atoms with Crippen molar-refractivity contribution < 1.29 is 14.3 Å². The molecule has 0 aromatic heterocycles. The average Bonchev–Trinajstić information content (AvgIpc) is 2.78. The predicted molar refractivity (Wildman–Crippen MR) is 145 cm³/mol. The highest BCUT2D eigenvalue weighted by Gasteiger charge is 2.19. The van der Waals surface area contributed by atoms with Crippen molar-refractivity contribution >= 4 is 17.4 Å². The van der Waals surface area contributed by atoms with Gasteiger partial charge in [0.2, 0.25) is 0 Å². The maximum absolute atomic E-state index is 11.9. The minimum absolute atomic E-state index is 0.0606. The third-order valence-electron chi connectivity index (χ3n) is 3.67. The first-order valence-electron chi connectivity index (χ1n) is 11.6. The van der Waals surface area contributed by atoms with Gasteiger partial charge in [-0.15, -0.1) is 0 Å². The molecule has 0 amide bonds. The van der Waals surface area contributed by atoms with Crippen LogP contribution < -0.4 is 9.47 Å². The summed E-state index contributed by atoms with van der Waals surface area (Å²) in [5, 5.41) is 0.642. The van der Waals surface area contributed by atoms with E-state index in [9.17, 15) is 4.79 Å². The lowest BCUT2D eigenvalue weighted by atomic mass is 10.1. The molecule has 1 atom stereocenters. The summed E-state index contributed by atoms with van der Waals surface area (Å²) in [6.45, 7) is 15.9. The number of methoxy groups -OCH3 is 1. The van der Waals surface area contributed by atoms with Crippen LogP contribution in [-0.2, 0) is 4.79 Å². The molecule has 2 aromatic carbocycles. The first-order chi connectivity index (χ1) is 15.7. The molecule has 0 radical (unpaired) electrons. The number of halogens is 1. The van der Waals surface area contributed by atoms with Gasteiger partial charge in [0.15, 0.2) is 11.9 Å². The van der Waals surface area contributed by atoms with Gasteiger partial charge in [-0.25, -0.2) is 0 Å². The monoisotopic (exact) mass is 474 g/mol. The summed E-state index contributed by atoms with van der Waals surface area (Å²) in [7, 11) is 1.60. The smallest absolute Gasteiger partial charge is 0.181 e. The van der Waals surface area contributed by atoms with E-state index in [0.29, 0.717) is 10.8 Å². The van der Waals surface area contributed by atoms with Crippen molar-refractivity contribution in [1.82, 2.24) is 0 Å². The largest absolute Gasteiger partial charge is 0.497 e. The summed E-state index contributed by atoms with van der Waals surface area (Å²) >= 11 is 5.93. The van der Waals surface area contributed by atoms with Crippen molar-refractivity contribution in [1.29, 1.82) is 0 Å². The van der Waals surface area contributed by atoms with Gasteiger partial charge in [-0.1, -0.05) is 88.6 Å². The summed E-state index contributed by atoms with van der Waals surface area (Å²) < 4.78 is 11.0. The van der Waals surface area contributed by atoms with Gasteiger partial charge in [0.05, 0.1) is 7.11 Å². The Balaban J connectivity index is 0. The number of Topliss-reactive ketones (excluding diaryl/α,β-unsaturated/α-hetero) is 1. The number of hydrogen-bond donors (Lipinski definition) is 0. The lowest BCUT2D eigenvalue weighted by Gasteiger charge is -2.18.